The van der Waals surface area contributed by atoms with Gasteiger partial charge in [-0.3, -0.25) is 4.79 Å². The lowest BCUT2D eigenvalue weighted by Gasteiger charge is -2.19. The van der Waals surface area contributed by atoms with Crippen LogP contribution in [0, 0.1) is 0 Å². The first kappa shape index (κ1) is 55.6. The molecule has 4 heteroatoms. The van der Waals surface area contributed by atoms with Gasteiger partial charge in [0, 0.05) is 6.42 Å². The van der Waals surface area contributed by atoms with E-state index in [-0.39, 0.29) is 12.5 Å². The zero-order valence-corrected chi connectivity index (χ0v) is 38.3. The summed E-state index contributed by atoms with van der Waals surface area (Å²) in [4.78, 5) is 12.4. The van der Waals surface area contributed by atoms with Gasteiger partial charge in [0.2, 0.25) is 5.91 Å². The molecule has 0 aliphatic rings. The van der Waals surface area contributed by atoms with E-state index >= 15 is 0 Å². The highest BCUT2D eigenvalue weighted by Gasteiger charge is 2.17. The molecule has 0 aromatic carbocycles. The third-order valence-electron chi connectivity index (χ3n) is 10.9. The number of nitrogens with one attached hydrogen (secondary N) is 1. The molecule has 1 amide bonds. The molecular weight excluding hydrogens is 711 g/mol. The lowest BCUT2D eigenvalue weighted by molar-refractivity contribution is -0.123. The molecule has 2 unspecified atom stereocenters. The van der Waals surface area contributed by atoms with Crippen molar-refractivity contribution in [3.63, 3.8) is 0 Å². The minimum atomic E-state index is -0.882. The average molecular weight is 806 g/mol. The van der Waals surface area contributed by atoms with E-state index < -0.39 is 12.1 Å². The molecule has 0 aliphatic heterocycles. The Hall–Kier alpha value is -2.43. The Morgan fingerprint density at radius 3 is 1.21 bits per heavy atom. The number of hydrogen-bond acceptors (Lipinski definition) is 3. The van der Waals surface area contributed by atoms with Crippen molar-refractivity contribution >= 4 is 5.91 Å². The number of carbonyl (C=O) groups excluding carboxylic acids is 1. The molecule has 3 N–H and O–H groups in total. The van der Waals surface area contributed by atoms with Gasteiger partial charge in [-0.1, -0.05) is 234 Å². The van der Waals surface area contributed by atoms with Crippen LogP contribution in [-0.4, -0.2) is 34.9 Å². The Balaban J connectivity index is 3.63. The fraction of sp³-hybridized carbons (Fsp3) is 0.722. The summed E-state index contributed by atoms with van der Waals surface area (Å²) in [6.07, 6.45) is 71.5. The lowest BCUT2D eigenvalue weighted by atomic mass is 10.0. The number of hydrogen-bond donors (Lipinski definition) is 3. The van der Waals surface area contributed by atoms with Crippen LogP contribution in [0.3, 0.4) is 0 Å². The van der Waals surface area contributed by atoms with Gasteiger partial charge in [0.15, 0.2) is 0 Å². The van der Waals surface area contributed by atoms with Crippen LogP contribution in [0.25, 0.3) is 0 Å². The maximum absolute atomic E-state index is 12.4. The molecule has 2 atom stereocenters. The third kappa shape index (κ3) is 44.7. The van der Waals surface area contributed by atoms with Crippen LogP contribution in [0.2, 0.25) is 0 Å². The summed E-state index contributed by atoms with van der Waals surface area (Å²) < 4.78 is 0. The van der Waals surface area contributed by atoms with Crippen molar-refractivity contribution in [2.24, 2.45) is 0 Å². The molecule has 0 spiro atoms. The standard InChI is InChI=1S/C54H95NO3/c1-3-5-7-9-11-13-15-17-19-21-23-24-25-26-27-28-29-30-32-33-35-37-39-41-43-45-47-49-53(57)52(51-56)55-54(58)50-48-46-44-42-40-38-36-34-31-22-20-18-16-14-12-10-8-6-4-2/h6,8,12,14,18,20,31,34,38-41,47,49,52-53,56-57H,3-5,7,9-11,13,15-17,19,21-30,32-33,35-37,42-46,48,50-51H2,1-2H3,(H,55,58)/b8-6-,14-12-,20-18-,34-31-,40-38-,41-39+,49-47+. The molecule has 0 aromatic heterocycles. The number of carbonyl (C=O) groups is 1. The first-order chi connectivity index (χ1) is 28.7. The van der Waals surface area contributed by atoms with Crippen molar-refractivity contribution in [1.82, 2.24) is 5.32 Å². The average Bonchev–Trinajstić information content (AvgIpc) is 3.23. The fourth-order valence-corrected chi connectivity index (χ4v) is 7.10. The van der Waals surface area contributed by atoms with Crippen molar-refractivity contribution < 1.29 is 15.0 Å². The summed E-state index contributed by atoms with van der Waals surface area (Å²) in [5, 5.41) is 23.0. The van der Waals surface area contributed by atoms with Crippen LogP contribution < -0.4 is 5.32 Å². The number of unbranched alkanes of at least 4 members (excludes halogenated alkanes) is 25. The van der Waals surface area contributed by atoms with Crippen LogP contribution in [0.1, 0.15) is 232 Å². The number of aliphatic hydroxyl groups excluding tert-OH is 2. The second-order valence-electron chi connectivity index (χ2n) is 16.5. The molecule has 4 nitrogen and oxygen atoms in total. The Bertz CT molecular complexity index is 1050. The lowest BCUT2D eigenvalue weighted by Crippen LogP contribution is -2.45. The molecule has 0 saturated carbocycles. The predicted molar refractivity (Wildman–Crippen MR) is 257 cm³/mol. The molecule has 0 bridgehead atoms. The molecule has 334 valence electrons. The van der Waals surface area contributed by atoms with Gasteiger partial charge in [-0.15, -0.1) is 0 Å². The number of rotatable bonds is 44. The smallest absolute Gasteiger partial charge is 0.220 e. The van der Waals surface area contributed by atoms with Crippen LogP contribution in [0.5, 0.6) is 0 Å². The Morgan fingerprint density at radius 2 is 0.776 bits per heavy atom. The zero-order chi connectivity index (χ0) is 42.1. The molecular formula is C54H95NO3. The normalized spacial score (nSPS) is 13.7. The minimum absolute atomic E-state index is 0.107. The maximum atomic E-state index is 12.4. The van der Waals surface area contributed by atoms with Gasteiger partial charge in [-0.2, -0.15) is 0 Å². The van der Waals surface area contributed by atoms with Gasteiger partial charge in [-0.05, 0) is 77.0 Å². The van der Waals surface area contributed by atoms with E-state index in [0.717, 1.165) is 77.0 Å². The molecule has 0 aliphatic carbocycles. The number of aliphatic hydroxyl groups is 2. The molecule has 58 heavy (non-hydrogen) atoms. The van der Waals surface area contributed by atoms with Crippen LogP contribution in [0.15, 0.2) is 85.1 Å². The van der Waals surface area contributed by atoms with Gasteiger partial charge in [-0.25, -0.2) is 0 Å². The van der Waals surface area contributed by atoms with E-state index in [0.29, 0.717) is 6.42 Å². The fourth-order valence-electron chi connectivity index (χ4n) is 7.10. The number of allylic oxidation sites excluding steroid dienone is 13. The molecule has 0 fully saturated rings. The highest BCUT2D eigenvalue weighted by atomic mass is 16.3. The Labute approximate surface area is 361 Å². The summed E-state index contributed by atoms with van der Waals surface area (Å²) in [6.45, 7) is 4.17. The van der Waals surface area contributed by atoms with E-state index in [1.54, 1.807) is 6.08 Å². The molecule has 0 radical (unpaired) electrons. The van der Waals surface area contributed by atoms with E-state index in [4.69, 9.17) is 0 Å². The predicted octanol–water partition coefficient (Wildman–Crippen LogP) is 16.0. The van der Waals surface area contributed by atoms with Gasteiger partial charge in [0.25, 0.3) is 0 Å². The Morgan fingerprint density at radius 1 is 0.431 bits per heavy atom. The number of amides is 1. The van der Waals surface area contributed by atoms with Crippen LogP contribution in [-0.2, 0) is 4.79 Å². The van der Waals surface area contributed by atoms with Crippen molar-refractivity contribution in [3.8, 4) is 0 Å². The quantitative estimate of drug-likeness (QED) is 0.0424. The van der Waals surface area contributed by atoms with Crippen molar-refractivity contribution in [3.05, 3.63) is 85.1 Å². The molecule has 0 heterocycles. The van der Waals surface area contributed by atoms with Crippen molar-refractivity contribution in [2.45, 2.75) is 244 Å². The van der Waals surface area contributed by atoms with Crippen molar-refractivity contribution in [1.29, 1.82) is 0 Å². The molecule has 0 aromatic rings. The highest BCUT2D eigenvalue weighted by Crippen LogP contribution is 2.15. The van der Waals surface area contributed by atoms with Gasteiger partial charge >= 0.3 is 0 Å². The van der Waals surface area contributed by atoms with Gasteiger partial charge in [0.05, 0.1) is 18.8 Å². The van der Waals surface area contributed by atoms with Crippen LogP contribution >= 0.6 is 0 Å². The van der Waals surface area contributed by atoms with Gasteiger partial charge < -0.3 is 15.5 Å². The van der Waals surface area contributed by atoms with E-state index in [1.165, 1.54) is 135 Å². The Kier molecular flexibility index (Phi) is 46.9. The topological polar surface area (TPSA) is 69.6 Å². The summed E-state index contributed by atoms with van der Waals surface area (Å²) in [6, 6.07) is -0.662. The van der Waals surface area contributed by atoms with E-state index in [9.17, 15) is 15.0 Å². The highest BCUT2D eigenvalue weighted by molar-refractivity contribution is 5.76. The third-order valence-corrected chi connectivity index (χ3v) is 10.9. The van der Waals surface area contributed by atoms with Gasteiger partial charge in [0.1, 0.15) is 0 Å². The van der Waals surface area contributed by atoms with Crippen LogP contribution in [0.4, 0.5) is 0 Å². The SMILES string of the molecule is CC/C=C\C/C=C\C/C=C\C/C=C\C/C=C\CCCCCC(=O)NC(CO)C(O)/C=C/CC/C=C/CCCCCCCCCCCCCCCCCCCCCCC. The minimum Gasteiger partial charge on any atom is -0.394 e. The first-order valence-electron chi connectivity index (χ1n) is 24.8. The molecule has 0 saturated heterocycles. The summed E-state index contributed by atoms with van der Waals surface area (Å²) >= 11 is 0. The molecule has 0 rings (SSSR count). The monoisotopic (exact) mass is 806 g/mol. The summed E-state index contributed by atoms with van der Waals surface area (Å²) in [5.74, 6) is -0.107. The van der Waals surface area contributed by atoms with E-state index in [1.807, 2.05) is 6.08 Å². The first-order valence-corrected chi connectivity index (χ1v) is 24.8. The second kappa shape index (κ2) is 48.9. The zero-order valence-electron chi connectivity index (χ0n) is 38.3. The summed E-state index contributed by atoms with van der Waals surface area (Å²) in [7, 11) is 0. The second-order valence-corrected chi connectivity index (χ2v) is 16.5. The maximum Gasteiger partial charge on any atom is 0.220 e. The largest absolute Gasteiger partial charge is 0.394 e. The summed E-state index contributed by atoms with van der Waals surface area (Å²) in [5.41, 5.74) is 0. The van der Waals surface area contributed by atoms with Crippen molar-refractivity contribution in [2.75, 3.05) is 6.61 Å². The van der Waals surface area contributed by atoms with E-state index in [2.05, 4.69) is 92.1 Å².